The first-order valence-electron chi connectivity index (χ1n) is 5.50. The number of imide groups is 1. The lowest BCUT2D eigenvalue weighted by molar-refractivity contribution is -0.0389. The standard InChI is InChI=1S/C12H13NO5/c14-5-6-18-7-10(15)13-11(16)8-3-1-2-4-9(8)12(13)17/h1-4,10,14-15H,5-7H2. The molecule has 0 fully saturated rings. The molecule has 2 N–H and O–H groups in total. The number of fused-ring (bicyclic) bond motifs is 1. The lowest BCUT2D eigenvalue weighted by atomic mass is 10.1. The van der Waals surface area contributed by atoms with Gasteiger partial charge < -0.3 is 14.9 Å². The highest BCUT2D eigenvalue weighted by Gasteiger charge is 2.39. The van der Waals surface area contributed by atoms with Crippen molar-refractivity contribution >= 4 is 11.8 Å². The van der Waals surface area contributed by atoms with Gasteiger partial charge in [-0.2, -0.15) is 0 Å². The molecule has 1 heterocycles. The Morgan fingerprint density at radius 2 is 1.72 bits per heavy atom. The summed E-state index contributed by atoms with van der Waals surface area (Å²) < 4.78 is 4.91. The maximum Gasteiger partial charge on any atom is 0.263 e. The van der Waals surface area contributed by atoms with E-state index in [1.165, 1.54) is 12.1 Å². The first-order chi connectivity index (χ1) is 8.66. The van der Waals surface area contributed by atoms with E-state index in [0.717, 1.165) is 4.90 Å². The minimum Gasteiger partial charge on any atom is -0.394 e. The Bertz CT molecular complexity index is 438. The fourth-order valence-electron chi connectivity index (χ4n) is 1.81. The van der Waals surface area contributed by atoms with Crippen LogP contribution in [0.3, 0.4) is 0 Å². The quantitative estimate of drug-likeness (QED) is 0.549. The number of benzene rings is 1. The molecule has 0 bridgehead atoms. The Morgan fingerprint density at radius 3 is 2.22 bits per heavy atom. The summed E-state index contributed by atoms with van der Waals surface area (Å²) >= 11 is 0. The number of ether oxygens (including phenoxy) is 1. The SMILES string of the molecule is O=C1c2ccccc2C(=O)N1C(O)COCCO. The number of carbonyl (C=O) groups is 2. The number of hydrogen-bond donors (Lipinski definition) is 2. The summed E-state index contributed by atoms with van der Waals surface area (Å²) in [5.74, 6) is -1.06. The van der Waals surface area contributed by atoms with E-state index in [9.17, 15) is 14.7 Å². The second-order valence-corrected chi connectivity index (χ2v) is 3.81. The highest BCUT2D eigenvalue weighted by Crippen LogP contribution is 2.23. The van der Waals surface area contributed by atoms with Gasteiger partial charge in [-0.15, -0.1) is 0 Å². The number of nitrogens with zero attached hydrogens (tertiary/aromatic N) is 1. The summed E-state index contributed by atoms with van der Waals surface area (Å²) in [7, 11) is 0. The largest absolute Gasteiger partial charge is 0.394 e. The summed E-state index contributed by atoms with van der Waals surface area (Å²) in [6.07, 6.45) is -1.34. The fraction of sp³-hybridized carbons (Fsp3) is 0.333. The highest BCUT2D eigenvalue weighted by atomic mass is 16.5. The van der Waals surface area contributed by atoms with Crippen LogP contribution < -0.4 is 0 Å². The van der Waals surface area contributed by atoms with Crippen LogP contribution in [0, 0.1) is 0 Å². The average molecular weight is 251 g/mol. The Kier molecular flexibility index (Phi) is 3.71. The maximum atomic E-state index is 11.9. The normalized spacial score (nSPS) is 16.0. The summed E-state index contributed by atoms with van der Waals surface area (Å²) in [4.78, 5) is 24.6. The molecule has 1 aromatic carbocycles. The Morgan fingerprint density at radius 1 is 1.17 bits per heavy atom. The van der Waals surface area contributed by atoms with E-state index in [-0.39, 0.29) is 30.9 Å². The van der Waals surface area contributed by atoms with Crippen molar-refractivity contribution in [3.8, 4) is 0 Å². The molecule has 0 saturated carbocycles. The molecule has 0 saturated heterocycles. The van der Waals surface area contributed by atoms with E-state index in [1.807, 2.05) is 0 Å². The molecule has 0 spiro atoms. The third-order valence-corrected chi connectivity index (χ3v) is 2.63. The molecular formula is C12H13NO5. The van der Waals surface area contributed by atoms with Gasteiger partial charge in [-0.1, -0.05) is 12.1 Å². The number of aliphatic hydroxyl groups is 2. The van der Waals surface area contributed by atoms with Crippen LogP contribution in [0.25, 0.3) is 0 Å². The van der Waals surface area contributed by atoms with Crippen LogP contribution in [0.4, 0.5) is 0 Å². The Balaban J connectivity index is 2.13. The first-order valence-corrected chi connectivity index (χ1v) is 5.50. The van der Waals surface area contributed by atoms with Gasteiger partial charge in [0.1, 0.15) is 0 Å². The number of rotatable bonds is 5. The summed E-state index contributed by atoms with van der Waals surface area (Å²) in [6, 6.07) is 6.39. The summed E-state index contributed by atoms with van der Waals surface area (Å²) in [5, 5.41) is 18.3. The zero-order valence-corrected chi connectivity index (χ0v) is 9.57. The van der Waals surface area contributed by atoms with Gasteiger partial charge in [0, 0.05) is 0 Å². The number of carbonyl (C=O) groups excluding carboxylic acids is 2. The molecule has 0 aromatic heterocycles. The van der Waals surface area contributed by atoms with Crippen LogP contribution in [-0.2, 0) is 4.74 Å². The van der Waals surface area contributed by atoms with Crippen molar-refractivity contribution in [3.63, 3.8) is 0 Å². The molecule has 0 aliphatic carbocycles. The van der Waals surface area contributed by atoms with Crippen LogP contribution in [-0.4, -0.2) is 53.0 Å². The van der Waals surface area contributed by atoms with Crippen molar-refractivity contribution in [1.29, 1.82) is 0 Å². The summed E-state index contributed by atoms with van der Waals surface area (Å²) in [5.41, 5.74) is 0.562. The van der Waals surface area contributed by atoms with Gasteiger partial charge in [0.2, 0.25) is 0 Å². The second kappa shape index (κ2) is 5.26. The maximum absolute atomic E-state index is 11.9. The molecule has 2 rings (SSSR count). The van der Waals surface area contributed by atoms with E-state index in [2.05, 4.69) is 0 Å². The van der Waals surface area contributed by atoms with Crippen molar-refractivity contribution in [1.82, 2.24) is 4.90 Å². The minimum absolute atomic E-state index is 0.0419. The van der Waals surface area contributed by atoms with Gasteiger partial charge in [0.05, 0.1) is 30.9 Å². The molecule has 96 valence electrons. The molecule has 1 unspecified atom stereocenters. The molecule has 6 nitrogen and oxygen atoms in total. The second-order valence-electron chi connectivity index (χ2n) is 3.81. The summed E-state index contributed by atoms with van der Waals surface area (Å²) in [6.45, 7) is -0.360. The first kappa shape index (κ1) is 12.7. The number of hydrogen-bond acceptors (Lipinski definition) is 5. The van der Waals surface area contributed by atoms with Gasteiger partial charge in [0.25, 0.3) is 11.8 Å². The van der Waals surface area contributed by atoms with Gasteiger partial charge in [-0.25, -0.2) is 4.90 Å². The Hall–Kier alpha value is -1.76. The van der Waals surface area contributed by atoms with Crippen LogP contribution in [0.15, 0.2) is 24.3 Å². The van der Waals surface area contributed by atoms with Gasteiger partial charge in [-0.3, -0.25) is 9.59 Å². The topological polar surface area (TPSA) is 87.1 Å². The third-order valence-electron chi connectivity index (χ3n) is 2.63. The van der Waals surface area contributed by atoms with E-state index < -0.39 is 18.0 Å². The molecule has 6 heteroatoms. The molecule has 1 atom stereocenters. The van der Waals surface area contributed by atoms with Crippen LogP contribution in [0.1, 0.15) is 20.7 Å². The fourth-order valence-corrected chi connectivity index (χ4v) is 1.81. The van der Waals surface area contributed by atoms with Crippen molar-refractivity contribution in [2.45, 2.75) is 6.23 Å². The lowest BCUT2D eigenvalue weighted by Gasteiger charge is -2.20. The van der Waals surface area contributed by atoms with Crippen LogP contribution in [0.2, 0.25) is 0 Å². The predicted octanol–water partition coefficient (Wildman–Crippen LogP) is -0.390. The average Bonchev–Trinajstić information content (AvgIpc) is 2.63. The Labute approximate surface area is 103 Å². The smallest absolute Gasteiger partial charge is 0.263 e. The van der Waals surface area contributed by atoms with Crippen molar-refractivity contribution < 1.29 is 24.5 Å². The zero-order valence-electron chi connectivity index (χ0n) is 9.57. The lowest BCUT2D eigenvalue weighted by Crippen LogP contribution is -2.42. The van der Waals surface area contributed by atoms with Crippen LogP contribution >= 0.6 is 0 Å². The molecule has 1 aliphatic heterocycles. The zero-order chi connectivity index (χ0) is 13.1. The van der Waals surface area contributed by atoms with E-state index >= 15 is 0 Å². The van der Waals surface area contributed by atoms with Crippen molar-refractivity contribution in [2.75, 3.05) is 19.8 Å². The van der Waals surface area contributed by atoms with Crippen LogP contribution in [0.5, 0.6) is 0 Å². The van der Waals surface area contributed by atoms with Gasteiger partial charge >= 0.3 is 0 Å². The molecular weight excluding hydrogens is 238 g/mol. The highest BCUT2D eigenvalue weighted by molar-refractivity contribution is 6.21. The predicted molar refractivity (Wildman–Crippen MR) is 60.9 cm³/mol. The van der Waals surface area contributed by atoms with Gasteiger partial charge in [-0.05, 0) is 12.1 Å². The van der Waals surface area contributed by atoms with Gasteiger partial charge in [0.15, 0.2) is 6.23 Å². The van der Waals surface area contributed by atoms with E-state index in [0.29, 0.717) is 0 Å². The molecule has 1 aliphatic rings. The number of aliphatic hydroxyl groups excluding tert-OH is 2. The van der Waals surface area contributed by atoms with Crippen molar-refractivity contribution in [2.24, 2.45) is 0 Å². The van der Waals surface area contributed by atoms with E-state index in [1.54, 1.807) is 12.1 Å². The van der Waals surface area contributed by atoms with Crippen molar-refractivity contribution in [3.05, 3.63) is 35.4 Å². The molecule has 1 aromatic rings. The number of amides is 2. The third kappa shape index (κ3) is 2.13. The monoisotopic (exact) mass is 251 g/mol. The van der Waals surface area contributed by atoms with E-state index in [4.69, 9.17) is 9.84 Å². The minimum atomic E-state index is -1.34. The molecule has 2 amide bonds. The molecule has 18 heavy (non-hydrogen) atoms. The molecule has 0 radical (unpaired) electrons.